The van der Waals surface area contributed by atoms with Gasteiger partial charge in [-0.15, -0.1) is 0 Å². The molecule has 0 atom stereocenters. The first-order valence-corrected chi connectivity index (χ1v) is 7.73. The van der Waals surface area contributed by atoms with Crippen molar-refractivity contribution in [2.45, 2.75) is 25.7 Å². The molecule has 0 saturated heterocycles. The van der Waals surface area contributed by atoms with Crippen molar-refractivity contribution in [3.8, 4) is 0 Å². The standard InChI is InChI=1S/C18H17N3O/c22-17(16-11-21-18-15(16)2-1-9-19-18)13-6-8-14(20-10-13)7-5-12-3-4-12/h1-2,6,8-12H,3-5,7H2,(H,19,21). The zero-order valence-corrected chi connectivity index (χ0v) is 12.2. The molecule has 3 aromatic rings. The van der Waals surface area contributed by atoms with Crippen LogP contribution in [0.5, 0.6) is 0 Å². The molecule has 3 aromatic heterocycles. The van der Waals surface area contributed by atoms with Gasteiger partial charge in [0.15, 0.2) is 5.78 Å². The summed E-state index contributed by atoms with van der Waals surface area (Å²) in [6, 6.07) is 7.60. The molecule has 0 spiro atoms. The minimum atomic E-state index is -0.0134. The van der Waals surface area contributed by atoms with Crippen LogP contribution in [0.1, 0.15) is 40.9 Å². The van der Waals surface area contributed by atoms with Crippen molar-refractivity contribution in [1.29, 1.82) is 0 Å². The van der Waals surface area contributed by atoms with Crippen LogP contribution in [-0.2, 0) is 6.42 Å². The first-order valence-electron chi connectivity index (χ1n) is 7.73. The summed E-state index contributed by atoms with van der Waals surface area (Å²) in [5.74, 6) is 0.891. The maximum atomic E-state index is 12.6. The third-order valence-electron chi connectivity index (χ3n) is 4.29. The fourth-order valence-corrected chi connectivity index (χ4v) is 2.76. The van der Waals surface area contributed by atoms with Crippen molar-refractivity contribution < 1.29 is 4.79 Å². The zero-order valence-electron chi connectivity index (χ0n) is 12.2. The molecule has 4 rings (SSSR count). The Kier molecular flexibility index (Phi) is 3.22. The lowest BCUT2D eigenvalue weighted by molar-refractivity contribution is 0.104. The van der Waals surface area contributed by atoms with Crippen LogP contribution in [0, 0.1) is 5.92 Å². The van der Waals surface area contributed by atoms with E-state index in [-0.39, 0.29) is 5.78 Å². The number of aromatic amines is 1. The lowest BCUT2D eigenvalue weighted by Gasteiger charge is -2.02. The van der Waals surface area contributed by atoms with E-state index < -0.39 is 0 Å². The van der Waals surface area contributed by atoms with E-state index >= 15 is 0 Å². The number of carbonyl (C=O) groups is 1. The predicted octanol–water partition coefficient (Wildman–Crippen LogP) is 3.53. The fraction of sp³-hybridized carbons (Fsp3) is 0.278. The number of rotatable bonds is 5. The van der Waals surface area contributed by atoms with Crippen molar-refractivity contribution in [2.24, 2.45) is 5.92 Å². The number of aromatic nitrogens is 3. The number of nitrogens with zero attached hydrogens (tertiary/aromatic N) is 2. The number of nitrogens with one attached hydrogen (secondary N) is 1. The lowest BCUT2D eigenvalue weighted by atomic mass is 10.0. The highest BCUT2D eigenvalue weighted by Gasteiger charge is 2.21. The van der Waals surface area contributed by atoms with Gasteiger partial charge in [0, 0.05) is 40.8 Å². The fourth-order valence-electron chi connectivity index (χ4n) is 2.76. The molecule has 0 bridgehead atoms. The van der Waals surface area contributed by atoms with E-state index in [1.165, 1.54) is 19.3 Å². The summed E-state index contributed by atoms with van der Waals surface area (Å²) in [6.45, 7) is 0. The molecule has 0 aromatic carbocycles. The van der Waals surface area contributed by atoms with Gasteiger partial charge in [0.25, 0.3) is 0 Å². The van der Waals surface area contributed by atoms with Crippen LogP contribution >= 0.6 is 0 Å². The SMILES string of the molecule is O=C(c1ccc(CCC2CC2)nc1)c1c[nH]c2ncccc12. The van der Waals surface area contributed by atoms with E-state index in [4.69, 9.17) is 0 Å². The van der Waals surface area contributed by atoms with E-state index in [1.807, 2.05) is 24.3 Å². The molecule has 0 amide bonds. The van der Waals surface area contributed by atoms with Crippen molar-refractivity contribution in [3.05, 3.63) is 59.7 Å². The number of pyridine rings is 2. The maximum absolute atomic E-state index is 12.6. The normalized spacial score (nSPS) is 14.4. The van der Waals surface area contributed by atoms with Gasteiger partial charge in [-0.2, -0.15) is 0 Å². The van der Waals surface area contributed by atoms with E-state index in [0.717, 1.165) is 29.1 Å². The van der Waals surface area contributed by atoms with Crippen LogP contribution in [0.4, 0.5) is 0 Å². The first kappa shape index (κ1) is 13.2. The Balaban J connectivity index is 1.56. The largest absolute Gasteiger partial charge is 0.345 e. The van der Waals surface area contributed by atoms with Gasteiger partial charge in [0.05, 0.1) is 0 Å². The summed E-state index contributed by atoms with van der Waals surface area (Å²) in [4.78, 5) is 24.3. The highest BCUT2D eigenvalue weighted by atomic mass is 16.1. The van der Waals surface area contributed by atoms with Crippen molar-refractivity contribution in [2.75, 3.05) is 0 Å². The highest BCUT2D eigenvalue weighted by molar-refractivity contribution is 6.15. The van der Waals surface area contributed by atoms with E-state index in [9.17, 15) is 4.79 Å². The third kappa shape index (κ3) is 2.52. The van der Waals surface area contributed by atoms with E-state index in [2.05, 4.69) is 15.0 Å². The van der Waals surface area contributed by atoms with Gasteiger partial charge in [-0.05, 0) is 43.0 Å². The quantitative estimate of drug-likeness (QED) is 0.732. The maximum Gasteiger partial charge on any atom is 0.196 e. The van der Waals surface area contributed by atoms with Crippen molar-refractivity contribution in [3.63, 3.8) is 0 Å². The third-order valence-corrected chi connectivity index (χ3v) is 4.29. The second-order valence-corrected chi connectivity index (χ2v) is 5.95. The van der Waals surface area contributed by atoms with E-state index in [1.54, 1.807) is 18.6 Å². The van der Waals surface area contributed by atoms with Gasteiger partial charge in [-0.1, -0.05) is 12.8 Å². The molecular formula is C18H17N3O. The van der Waals surface area contributed by atoms with Crippen molar-refractivity contribution >= 4 is 16.8 Å². The Morgan fingerprint density at radius 3 is 2.91 bits per heavy atom. The molecule has 110 valence electrons. The number of hydrogen-bond donors (Lipinski definition) is 1. The number of H-pyrrole nitrogens is 1. The van der Waals surface area contributed by atoms with E-state index in [0.29, 0.717) is 11.1 Å². The Morgan fingerprint density at radius 2 is 2.14 bits per heavy atom. The summed E-state index contributed by atoms with van der Waals surface area (Å²) >= 11 is 0. The molecule has 1 aliphatic rings. The molecule has 3 heterocycles. The highest BCUT2D eigenvalue weighted by Crippen LogP contribution is 2.33. The number of aryl methyl sites for hydroxylation is 1. The molecule has 1 aliphatic carbocycles. The molecule has 1 N–H and O–H groups in total. The Labute approximate surface area is 128 Å². The molecular weight excluding hydrogens is 274 g/mol. The van der Waals surface area contributed by atoms with Crippen LogP contribution in [0.15, 0.2) is 42.9 Å². The summed E-state index contributed by atoms with van der Waals surface area (Å²) in [6.07, 6.45) is 10.1. The van der Waals surface area contributed by atoms with Crippen LogP contribution in [-0.4, -0.2) is 20.7 Å². The molecule has 0 aliphatic heterocycles. The van der Waals surface area contributed by atoms with Crippen molar-refractivity contribution in [1.82, 2.24) is 15.0 Å². The monoisotopic (exact) mass is 291 g/mol. The zero-order chi connectivity index (χ0) is 14.9. The Morgan fingerprint density at radius 1 is 1.23 bits per heavy atom. The average Bonchev–Trinajstić information content (AvgIpc) is 3.30. The average molecular weight is 291 g/mol. The summed E-state index contributed by atoms with van der Waals surface area (Å²) in [7, 11) is 0. The first-order chi connectivity index (χ1) is 10.8. The number of hydrogen-bond acceptors (Lipinski definition) is 3. The number of carbonyl (C=O) groups excluding carboxylic acids is 1. The summed E-state index contributed by atoms with van der Waals surface area (Å²) in [5, 5.41) is 0.852. The van der Waals surface area contributed by atoms with Gasteiger partial charge in [0.2, 0.25) is 0 Å². The lowest BCUT2D eigenvalue weighted by Crippen LogP contribution is -2.02. The summed E-state index contributed by atoms with van der Waals surface area (Å²) in [5.41, 5.74) is 3.08. The van der Waals surface area contributed by atoms with Crippen LogP contribution < -0.4 is 0 Å². The molecule has 4 heteroatoms. The van der Waals surface area contributed by atoms with Crippen LogP contribution in [0.25, 0.3) is 11.0 Å². The molecule has 1 saturated carbocycles. The Bertz CT molecular complexity index is 816. The summed E-state index contributed by atoms with van der Waals surface area (Å²) < 4.78 is 0. The van der Waals surface area contributed by atoms with Crippen LogP contribution in [0.3, 0.4) is 0 Å². The smallest absolute Gasteiger partial charge is 0.196 e. The van der Waals surface area contributed by atoms with Gasteiger partial charge < -0.3 is 4.98 Å². The van der Waals surface area contributed by atoms with Gasteiger partial charge >= 0.3 is 0 Å². The van der Waals surface area contributed by atoms with Gasteiger partial charge in [-0.25, -0.2) is 4.98 Å². The second kappa shape index (κ2) is 5.37. The molecule has 0 radical (unpaired) electrons. The molecule has 4 nitrogen and oxygen atoms in total. The number of ketones is 1. The predicted molar refractivity (Wildman–Crippen MR) is 84.8 cm³/mol. The minimum Gasteiger partial charge on any atom is -0.345 e. The van der Waals surface area contributed by atoms with Gasteiger partial charge in [-0.3, -0.25) is 9.78 Å². The minimum absolute atomic E-state index is 0.0134. The molecule has 22 heavy (non-hydrogen) atoms. The second-order valence-electron chi connectivity index (χ2n) is 5.95. The Hall–Kier alpha value is -2.49. The van der Waals surface area contributed by atoms with Crippen LogP contribution in [0.2, 0.25) is 0 Å². The van der Waals surface area contributed by atoms with Gasteiger partial charge in [0.1, 0.15) is 5.65 Å². The number of fused-ring (bicyclic) bond motifs is 1. The topological polar surface area (TPSA) is 58.6 Å². The molecule has 0 unspecified atom stereocenters. The molecule has 1 fully saturated rings.